The molecule has 0 aromatic heterocycles. The topological polar surface area (TPSA) is 85.2 Å². The molecule has 0 spiro atoms. The highest BCUT2D eigenvalue weighted by Gasteiger charge is 2.55. The Hall–Kier alpha value is -2.60. The van der Waals surface area contributed by atoms with Crippen LogP contribution in [0.15, 0.2) is 29.5 Å². The molecule has 1 aliphatic carbocycles. The first kappa shape index (κ1) is 23.1. The van der Waals surface area contributed by atoms with Crippen LogP contribution in [0, 0.1) is 28.5 Å². The van der Waals surface area contributed by atoms with Crippen LogP contribution in [0.2, 0.25) is 0 Å². The molecule has 1 heterocycles. The lowest BCUT2D eigenvalue weighted by Gasteiger charge is -2.52. The number of benzene rings is 1. The zero-order valence-corrected chi connectivity index (χ0v) is 17.2. The van der Waals surface area contributed by atoms with Crippen LogP contribution in [0.25, 0.3) is 0 Å². The number of nitriles is 1. The van der Waals surface area contributed by atoms with Crippen molar-refractivity contribution in [1.29, 1.82) is 5.26 Å². The fourth-order valence-corrected chi connectivity index (χ4v) is 4.72. The summed E-state index contributed by atoms with van der Waals surface area (Å²) in [6.45, 7) is 1.69. The maximum absolute atomic E-state index is 13.9. The third-order valence-corrected chi connectivity index (χ3v) is 6.29. The Bertz CT molecular complexity index is 934. The Kier molecular flexibility index (Phi) is 6.33. The molecule has 1 aliphatic heterocycles. The highest BCUT2D eigenvalue weighted by atomic mass is 19.4. The van der Waals surface area contributed by atoms with Gasteiger partial charge in [-0.1, -0.05) is 18.9 Å². The first-order valence-corrected chi connectivity index (χ1v) is 10.0. The smallest absolute Gasteiger partial charge is 0.416 e. The van der Waals surface area contributed by atoms with Crippen molar-refractivity contribution in [2.45, 2.75) is 50.7 Å². The van der Waals surface area contributed by atoms with Crippen LogP contribution < -0.4 is 10.4 Å². The first-order valence-electron chi connectivity index (χ1n) is 10.0. The van der Waals surface area contributed by atoms with Crippen LogP contribution in [0.5, 0.6) is 0 Å². The summed E-state index contributed by atoms with van der Waals surface area (Å²) in [4.78, 5) is 12.7. The van der Waals surface area contributed by atoms with Gasteiger partial charge in [0.25, 0.3) is 0 Å². The molecule has 9 heteroatoms. The second kappa shape index (κ2) is 8.50. The van der Waals surface area contributed by atoms with E-state index >= 15 is 0 Å². The minimum absolute atomic E-state index is 0.000351. The Morgan fingerprint density at radius 2 is 2.06 bits per heavy atom. The number of rotatable bonds is 7. The summed E-state index contributed by atoms with van der Waals surface area (Å²) in [6, 6.07) is 3.23. The van der Waals surface area contributed by atoms with Gasteiger partial charge < -0.3 is 20.0 Å². The summed E-state index contributed by atoms with van der Waals surface area (Å²) in [5, 5.41) is 25.6. The molecular weight excluding hydrogens is 416 g/mol. The summed E-state index contributed by atoms with van der Waals surface area (Å²) in [5.41, 5.74) is -3.37. The third kappa shape index (κ3) is 4.26. The zero-order valence-electron chi connectivity index (χ0n) is 17.2. The van der Waals surface area contributed by atoms with Gasteiger partial charge in [-0.05, 0) is 43.4 Å². The summed E-state index contributed by atoms with van der Waals surface area (Å²) in [6.07, 6.45) is -3.20. The molecule has 168 valence electrons. The number of ether oxygens (including phenoxy) is 1. The van der Waals surface area contributed by atoms with E-state index in [-0.39, 0.29) is 30.9 Å². The van der Waals surface area contributed by atoms with Crippen LogP contribution in [-0.4, -0.2) is 25.7 Å². The lowest BCUT2D eigenvalue weighted by molar-refractivity contribution is -0.323. The standard InChI is InChI=1S/C22H24F4N2O3/c1-12-16(11-27)19(15-6-5-14(23)9-17(15)22(24,25)26)21(20(29)30,10-13-3-4-13)18(28-12)7-8-31-2/h5-6,9,13,18-19,28H,3-4,7-8,10H2,1-2H3,(H,29,30)/p-1. The van der Waals surface area contributed by atoms with Gasteiger partial charge >= 0.3 is 6.18 Å². The quantitative estimate of drug-likeness (QED) is 0.660. The fourth-order valence-electron chi connectivity index (χ4n) is 4.72. The van der Waals surface area contributed by atoms with E-state index in [2.05, 4.69) is 5.32 Å². The van der Waals surface area contributed by atoms with Crippen LogP contribution in [-0.2, 0) is 15.7 Å². The second-order valence-corrected chi connectivity index (χ2v) is 8.27. The van der Waals surface area contributed by atoms with Crippen LogP contribution in [0.3, 0.4) is 0 Å². The van der Waals surface area contributed by atoms with Crippen LogP contribution >= 0.6 is 0 Å². The minimum atomic E-state index is -4.93. The maximum atomic E-state index is 13.9. The summed E-state index contributed by atoms with van der Waals surface area (Å²) in [7, 11) is 1.44. The molecule has 3 unspecified atom stereocenters. The number of nitrogens with zero attached hydrogens (tertiary/aromatic N) is 1. The number of hydrogen-bond donors (Lipinski definition) is 1. The van der Waals surface area contributed by atoms with E-state index < -0.39 is 46.5 Å². The molecule has 1 aromatic carbocycles. The molecule has 3 rings (SSSR count). The number of aliphatic carboxylic acids is 1. The van der Waals surface area contributed by atoms with Crippen molar-refractivity contribution in [3.05, 3.63) is 46.4 Å². The molecule has 0 bridgehead atoms. The number of carboxylic acid groups (broad SMARTS) is 1. The maximum Gasteiger partial charge on any atom is 0.416 e. The summed E-state index contributed by atoms with van der Waals surface area (Å²) >= 11 is 0. The third-order valence-electron chi connectivity index (χ3n) is 6.29. The monoisotopic (exact) mass is 439 g/mol. The Morgan fingerprint density at radius 1 is 1.39 bits per heavy atom. The van der Waals surface area contributed by atoms with Crippen LogP contribution in [0.4, 0.5) is 17.6 Å². The number of nitrogens with one attached hydrogen (secondary N) is 1. The van der Waals surface area contributed by atoms with Gasteiger partial charge in [0, 0.05) is 36.8 Å². The molecule has 3 atom stereocenters. The van der Waals surface area contributed by atoms with Crippen LogP contribution in [0.1, 0.15) is 49.7 Å². The number of methoxy groups -OCH3 is 1. The van der Waals surface area contributed by atoms with Gasteiger partial charge in [0.15, 0.2) is 0 Å². The van der Waals surface area contributed by atoms with Gasteiger partial charge in [0.2, 0.25) is 0 Å². The van der Waals surface area contributed by atoms with Gasteiger partial charge in [0.05, 0.1) is 23.2 Å². The van der Waals surface area contributed by atoms with E-state index in [0.717, 1.165) is 25.0 Å². The van der Waals surface area contributed by atoms with Gasteiger partial charge in [-0.3, -0.25) is 0 Å². The average molecular weight is 439 g/mol. The molecular formula is C22H23F4N2O3-. The van der Waals surface area contributed by atoms with Crippen molar-refractivity contribution in [2.24, 2.45) is 11.3 Å². The molecule has 1 saturated carbocycles. The van der Waals surface area contributed by atoms with E-state index in [4.69, 9.17) is 4.74 Å². The van der Waals surface area contributed by atoms with Gasteiger partial charge in [0.1, 0.15) is 5.82 Å². The Labute approximate surface area is 177 Å². The number of hydrogen-bond acceptors (Lipinski definition) is 5. The molecule has 0 radical (unpaired) electrons. The van der Waals surface area contributed by atoms with Crippen molar-refractivity contribution in [2.75, 3.05) is 13.7 Å². The summed E-state index contributed by atoms with van der Waals surface area (Å²) < 4.78 is 60.5. The van der Waals surface area contributed by atoms with Gasteiger partial charge in [-0.2, -0.15) is 18.4 Å². The van der Waals surface area contributed by atoms with Gasteiger partial charge in [-0.15, -0.1) is 0 Å². The molecule has 5 nitrogen and oxygen atoms in total. The normalized spacial score (nSPS) is 26.4. The number of allylic oxidation sites excluding steroid dienone is 2. The van der Waals surface area contributed by atoms with Crippen molar-refractivity contribution in [1.82, 2.24) is 5.32 Å². The largest absolute Gasteiger partial charge is 0.549 e. The predicted octanol–water partition coefficient (Wildman–Crippen LogP) is 3.27. The van der Waals surface area contributed by atoms with E-state index in [1.165, 1.54) is 14.0 Å². The minimum Gasteiger partial charge on any atom is -0.549 e. The highest BCUT2D eigenvalue weighted by molar-refractivity contribution is 5.78. The van der Waals surface area contributed by atoms with Crippen molar-refractivity contribution < 1.29 is 32.2 Å². The number of halogens is 4. The molecule has 1 aromatic rings. The van der Waals surface area contributed by atoms with E-state index in [1.807, 2.05) is 6.07 Å². The van der Waals surface area contributed by atoms with E-state index in [9.17, 15) is 32.7 Å². The molecule has 31 heavy (non-hydrogen) atoms. The highest BCUT2D eigenvalue weighted by Crippen LogP contribution is 2.56. The molecule has 0 amide bonds. The number of carboxylic acids is 1. The number of carbonyl (C=O) groups excluding carboxylic acids is 1. The zero-order chi connectivity index (χ0) is 23.0. The molecule has 0 saturated heterocycles. The average Bonchev–Trinajstić information content (AvgIpc) is 3.50. The fraction of sp³-hybridized carbons (Fsp3) is 0.545. The lowest BCUT2D eigenvalue weighted by atomic mass is 9.58. The Morgan fingerprint density at radius 3 is 2.58 bits per heavy atom. The Balaban J connectivity index is 2.32. The SMILES string of the molecule is COCCC1NC(C)=C(C#N)C(c2ccc(F)cc2C(F)(F)F)C1(CC1CC1)C(=O)[O-]. The van der Waals surface area contributed by atoms with Crippen molar-refractivity contribution in [3.8, 4) is 6.07 Å². The number of carbonyl (C=O) groups is 1. The number of alkyl halides is 3. The predicted molar refractivity (Wildman–Crippen MR) is 101 cm³/mol. The van der Waals surface area contributed by atoms with Crippen molar-refractivity contribution in [3.63, 3.8) is 0 Å². The van der Waals surface area contributed by atoms with Crippen molar-refractivity contribution >= 4 is 5.97 Å². The van der Waals surface area contributed by atoms with E-state index in [0.29, 0.717) is 11.8 Å². The van der Waals surface area contributed by atoms with Gasteiger partial charge in [-0.25, -0.2) is 4.39 Å². The first-order chi connectivity index (χ1) is 14.6. The lowest BCUT2D eigenvalue weighted by Crippen LogP contribution is -2.61. The second-order valence-electron chi connectivity index (χ2n) is 8.27. The molecule has 2 aliphatic rings. The molecule has 1 fully saturated rings. The summed E-state index contributed by atoms with van der Waals surface area (Å²) in [5.74, 6) is -4.07. The van der Waals surface area contributed by atoms with E-state index in [1.54, 1.807) is 0 Å². The molecule has 1 N–H and O–H groups in total.